The standard InChI is InChI=1S/5C2H4O2.2Zn/c5*1-2(3)4;;/h5*1H3,(H,3,4);;/q;;;;;2*+2/p-4. The molecule has 0 saturated carbocycles. The number of hydrogen-bond acceptors (Lipinski definition) is 9. The molecule has 0 aromatic carbocycles. The first kappa shape index (κ1) is 42.8. The summed E-state index contributed by atoms with van der Waals surface area (Å²) in [6.07, 6.45) is 0. The van der Waals surface area contributed by atoms with E-state index in [1.165, 1.54) is 0 Å². The van der Waals surface area contributed by atoms with Gasteiger partial charge < -0.3 is 44.7 Å². The molecule has 0 saturated heterocycles. The molecular weight excluding hydrogens is 411 g/mol. The summed E-state index contributed by atoms with van der Waals surface area (Å²) < 4.78 is 0. The fourth-order valence-corrected chi connectivity index (χ4v) is 0. The maximum atomic E-state index is 9.00. The van der Waals surface area contributed by atoms with Crippen LogP contribution in [0, 0.1) is 0 Å². The zero-order chi connectivity index (χ0) is 17.9. The maximum absolute atomic E-state index is 9.00. The Hall–Kier alpha value is -1.40. The summed E-state index contributed by atoms with van der Waals surface area (Å²) in [5.41, 5.74) is 0. The van der Waals surface area contributed by atoms with Crippen molar-refractivity contribution in [2.45, 2.75) is 34.6 Å². The summed E-state index contributed by atoms with van der Waals surface area (Å²) in [7, 11) is 0. The second-order valence-electron chi connectivity index (χ2n) is 2.49. The minimum Gasteiger partial charge on any atom is -0.550 e. The van der Waals surface area contributed by atoms with Crippen molar-refractivity contribution >= 4 is 29.8 Å². The summed E-state index contributed by atoms with van der Waals surface area (Å²) in [5.74, 6) is -5.17. The van der Waals surface area contributed by atoms with Gasteiger partial charge in [-0.1, -0.05) is 0 Å². The molecule has 0 rings (SSSR count). The van der Waals surface area contributed by atoms with Crippen molar-refractivity contribution in [1.82, 2.24) is 0 Å². The zero-order valence-corrected chi connectivity index (χ0v) is 19.0. The van der Waals surface area contributed by atoms with Gasteiger partial charge in [-0.3, -0.25) is 4.79 Å². The Balaban J connectivity index is -0.0000000250. The monoisotopic (exact) mass is 424 g/mol. The SMILES string of the molecule is CC(=O)O.CC(=O)[O-].CC(=O)[O-].CC(=O)[O-].CC(=O)[O-].[Zn+2].[Zn+2]. The molecule has 0 unspecified atom stereocenters. The summed E-state index contributed by atoms with van der Waals surface area (Å²) in [6.45, 7) is 4.97. The molecule has 0 amide bonds. The van der Waals surface area contributed by atoms with Crippen molar-refractivity contribution in [2.75, 3.05) is 0 Å². The molecule has 12 heteroatoms. The summed E-state index contributed by atoms with van der Waals surface area (Å²) >= 11 is 0. The van der Waals surface area contributed by atoms with Crippen molar-refractivity contribution in [3.63, 3.8) is 0 Å². The first-order valence-corrected chi connectivity index (χ1v) is 4.56. The maximum Gasteiger partial charge on any atom is 2.00 e. The Morgan fingerprint density at radius 3 is 0.545 bits per heavy atom. The molecule has 22 heavy (non-hydrogen) atoms. The number of rotatable bonds is 0. The normalized spacial score (nSPS) is 5.68. The van der Waals surface area contributed by atoms with Crippen molar-refractivity contribution in [3.05, 3.63) is 0 Å². The predicted octanol–water partition coefficient (Wildman–Crippen LogP) is -4.89. The minimum absolute atomic E-state index is 0. The van der Waals surface area contributed by atoms with E-state index in [9.17, 15) is 0 Å². The Labute approximate surface area is 153 Å². The van der Waals surface area contributed by atoms with E-state index >= 15 is 0 Å². The third-order valence-corrected chi connectivity index (χ3v) is 0. The molecule has 0 heterocycles. The number of carboxylic acids is 5. The molecule has 0 fully saturated rings. The van der Waals surface area contributed by atoms with Crippen LogP contribution in [0.15, 0.2) is 0 Å². The largest absolute Gasteiger partial charge is 2.00 e. The quantitative estimate of drug-likeness (QED) is 0.366. The molecule has 0 bridgehead atoms. The molecule has 0 aliphatic carbocycles. The van der Waals surface area contributed by atoms with E-state index < -0.39 is 29.8 Å². The fourth-order valence-electron chi connectivity index (χ4n) is 0. The van der Waals surface area contributed by atoms with E-state index in [1.807, 2.05) is 0 Å². The molecule has 0 aliphatic rings. The molecule has 1 N–H and O–H groups in total. The van der Waals surface area contributed by atoms with Gasteiger partial charge >= 0.3 is 39.0 Å². The zero-order valence-electron chi connectivity index (χ0n) is 13.0. The van der Waals surface area contributed by atoms with Crippen LogP contribution in [-0.2, 0) is 62.9 Å². The van der Waals surface area contributed by atoms with Gasteiger partial charge in [0.15, 0.2) is 0 Å². The minimum atomic E-state index is -1.08. The first-order chi connectivity index (χ1) is 8.66. The van der Waals surface area contributed by atoms with E-state index in [0.29, 0.717) is 0 Å². The van der Waals surface area contributed by atoms with Gasteiger partial charge in [0.25, 0.3) is 5.97 Å². The van der Waals surface area contributed by atoms with Crippen LogP contribution in [0.1, 0.15) is 34.6 Å². The van der Waals surface area contributed by atoms with Gasteiger partial charge in [-0.05, 0) is 27.7 Å². The number of aliphatic carboxylic acids is 5. The molecule has 0 atom stereocenters. The Morgan fingerprint density at radius 2 is 0.545 bits per heavy atom. The van der Waals surface area contributed by atoms with Crippen LogP contribution >= 0.6 is 0 Å². The molecule has 0 radical (unpaired) electrons. The van der Waals surface area contributed by atoms with E-state index in [2.05, 4.69) is 0 Å². The Kier molecular flexibility index (Phi) is 71.3. The number of carbonyl (C=O) groups excluding carboxylic acids is 4. The first-order valence-electron chi connectivity index (χ1n) is 4.56. The van der Waals surface area contributed by atoms with Crippen LogP contribution in [-0.4, -0.2) is 35.0 Å². The summed E-state index contributed by atoms with van der Waals surface area (Å²) in [6, 6.07) is 0. The van der Waals surface area contributed by atoms with Crippen LogP contribution in [0.2, 0.25) is 0 Å². The third kappa shape index (κ3) is 2920. The molecular formula is C10H16O10Zn2. The third-order valence-electron chi connectivity index (χ3n) is 0. The molecule has 120 valence electrons. The molecule has 0 spiro atoms. The van der Waals surface area contributed by atoms with Gasteiger partial charge in [0.2, 0.25) is 0 Å². The molecule has 0 aliphatic heterocycles. The van der Waals surface area contributed by atoms with Crippen molar-refractivity contribution < 1.29 is 88.5 Å². The second kappa shape index (κ2) is 36.7. The van der Waals surface area contributed by atoms with Crippen LogP contribution < -0.4 is 20.4 Å². The van der Waals surface area contributed by atoms with Crippen molar-refractivity contribution in [1.29, 1.82) is 0 Å². The molecule has 10 nitrogen and oxygen atoms in total. The fraction of sp³-hybridized carbons (Fsp3) is 0.500. The van der Waals surface area contributed by atoms with Gasteiger partial charge in [-0.2, -0.15) is 0 Å². The van der Waals surface area contributed by atoms with Gasteiger partial charge in [0.05, 0.1) is 0 Å². The van der Waals surface area contributed by atoms with Gasteiger partial charge in [0.1, 0.15) is 0 Å². The van der Waals surface area contributed by atoms with Gasteiger partial charge in [0, 0.05) is 30.8 Å². The predicted molar refractivity (Wildman–Crippen MR) is 56.0 cm³/mol. The van der Waals surface area contributed by atoms with Crippen LogP contribution in [0.25, 0.3) is 0 Å². The van der Waals surface area contributed by atoms with Gasteiger partial charge in [-0.25, -0.2) is 0 Å². The average molecular weight is 427 g/mol. The average Bonchev–Trinajstić information content (AvgIpc) is 1.94. The van der Waals surface area contributed by atoms with E-state index in [0.717, 1.165) is 34.6 Å². The van der Waals surface area contributed by atoms with Crippen molar-refractivity contribution in [2.24, 2.45) is 0 Å². The van der Waals surface area contributed by atoms with Crippen LogP contribution in [0.5, 0.6) is 0 Å². The van der Waals surface area contributed by atoms with Crippen molar-refractivity contribution in [3.8, 4) is 0 Å². The van der Waals surface area contributed by atoms with E-state index in [4.69, 9.17) is 49.5 Å². The summed E-state index contributed by atoms with van der Waals surface area (Å²) in [5, 5.41) is 43.0. The van der Waals surface area contributed by atoms with E-state index in [1.54, 1.807) is 0 Å². The number of carboxylic acid groups (broad SMARTS) is 5. The summed E-state index contributed by atoms with van der Waals surface area (Å²) in [4.78, 5) is 44.6. The van der Waals surface area contributed by atoms with Crippen LogP contribution in [0.3, 0.4) is 0 Å². The van der Waals surface area contributed by atoms with Crippen LogP contribution in [0.4, 0.5) is 0 Å². The Morgan fingerprint density at radius 1 is 0.545 bits per heavy atom. The topological polar surface area (TPSA) is 198 Å². The molecule has 0 aromatic rings. The second-order valence-corrected chi connectivity index (χ2v) is 2.49. The smallest absolute Gasteiger partial charge is 0.550 e. The molecule has 0 aromatic heterocycles. The Bertz CT molecular complexity index is 214. The van der Waals surface area contributed by atoms with E-state index in [-0.39, 0.29) is 39.0 Å². The van der Waals surface area contributed by atoms with Gasteiger partial charge in [-0.15, -0.1) is 0 Å². The number of hydrogen-bond donors (Lipinski definition) is 1. The number of carbonyl (C=O) groups is 5.